The van der Waals surface area contributed by atoms with Gasteiger partial charge >= 0.3 is 0 Å². The highest BCUT2D eigenvalue weighted by Gasteiger charge is 2.41. The quantitative estimate of drug-likeness (QED) is 0.779. The van der Waals surface area contributed by atoms with E-state index in [0.29, 0.717) is 18.7 Å². The fourth-order valence-corrected chi connectivity index (χ4v) is 4.01. The van der Waals surface area contributed by atoms with E-state index in [1.165, 1.54) is 5.56 Å². The molecular weight excluding hydrogens is 338 g/mol. The summed E-state index contributed by atoms with van der Waals surface area (Å²) in [7, 11) is 2.14. The third-order valence-electron chi connectivity index (χ3n) is 5.73. The van der Waals surface area contributed by atoms with Crippen LogP contribution in [0.4, 0.5) is 0 Å². The molecule has 0 N–H and O–H groups in total. The molecule has 2 aliphatic heterocycles. The number of carbonyl (C=O) groups is 1. The van der Waals surface area contributed by atoms with Gasteiger partial charge in [0.15, 0.2) is 0 Å². The maximum Gasteiger partial charge on any atom is 0.255 e. The molecule has 27 heavy (non-hydrogen) atoms. The molecule has 1 amide bonds. The number of rotatable bonds is 1. The number of likely N-dealkylation sites (tertiary alicyclic amines) is 1. The predicted octanol–water partition coefficient (Wildman–Crippen LogP) is 3.20. The summed E-state index contributed by atoms with van der Waals surface area (Å²) in [6.07, 6.45) is 3.53. The molecule has 142 valence electrons. The second-order valence-electron chi connectivity index (χ2n) is 8.05. The Bertz CT molecular complexity index is 839. The molecule has 1 aromatic carbocycles. The van der Waals surface area contributed by atoms with Gasteiger partial charge in [0.25, 0.3) is 5.91 Å². The van der Waals surface area contributed by atoms with Crippen LogP contribution in [0.15, 0.2) is 36.5 Å². The predicted molar refractivity (Wildman–Crippen MR) is 105 cm³/mol. The first-order chi connectivity index (χ1) is 12.9. The Labute approximate surface area is 161 Å². The molecule has 1 aromatic heterocycles. The van der Waals surface area contributed by atoms with Crippen LogP contribution in [0.2, 0.25) is 0 Å². The highest BCUT2D eigenvalue weighted by Crippen LogP contribution is 2.36. The van der Waals surface area contributed by atoms with Crippen LogP contribution in [0.3, 0.4) is 0 Å². The van der Waals surface area contributed by atoms with Crippen LogP contribution in [-0.4, -0.2) is 53.0 Å². The number of ether oxygens (including phenoxy) is 1. The lowest BCUT2D eigenvalue weighted by molar-refractivity contribution is -0.0103. The Balaban J connectivity index is 1.70. The van der Waals surface area contributed by atoms with Crippen molar-refractivity contribution in [3.8, 4) is 5.75 Å². The van der Waals surface area contributed by atoms with Crippen molar-refractivity contribution in [2.75, 3.05) is 26.7 Å². The van der Waals surface area contributed by atoms with Gasteiger partial charge in [-0.1, -0.05) is 17.7 Å². The largest absolute Gasteiger partial charge is 0.485 e. The fourth-order valence-electron chi connectivity index (χ4n) is 4.01. The summed E-state index contributed by atoms with van der Waals surface area (Å²) in [4.78, 5) is 21.8. The van der Waals surface area contributed by atoms with Gasteiger partial charge < -0.3 is 14.5 Å². The zero-order valence-corrected chi connectivity index (χ0v) is 16.4. The van der Waals surface area contributed by atoms with Crippen molar-refractivity contribution < 1.29 is 9.53 Å². The third-order valence-corrected chi connectivity index (χ3v) is 5.73. The second-order valence-corrected chi connectivity index (χ2v) is 8.05. The van der Waals surface area contributed by atoms with E-state index in [2.05, 4.69) is 42.1 Å². The average molecular weight is 365 g/mol. The smallest absolute Gasteiger partial charge is 0.255 e. The first-order valence-corrected chi connectivity index (χ1v) is 9.63. The van der Waals surface area contributed by atoms with Crippen molar-refractivity contribution in [1.29, 1.82) is 0 Å². The van der Waals surface area contributed by atoms with Crippen LogP contribution in [0.1, 0.15) is 40.0 Å². The maximum absolute atomic E-state index is 13.3. The molecule has 0 saturated carbocycles. The molecule has 0 bridgehead atoms. The maximum atomic E-state index is 13.3. The van der Waals surface area contributed by atoms with E-state index in [9.17, 15) is 4.79 Å². The molecule has 0 unspecified atom stereocenters. The van der Waals surface area contributed by atoms with Crippen molar-refractivity contribution >= 4 is 5.91 Å². The zero-order chi connectivity index (χ0) is 19.0. The zero-order valence-electron chi connectivity index (χ0n) is 16.4. The second kappa shape index (κ2) is 6.97. The van der Waals surface area contributed by atoms with E-state index in [0.717, 1.165) is 42.9 Å². The van der Waals surface area contributed by atoms with Gasteiger partial charge in [-0.3, -0.25) is 9.78 Å². The highest BCUT2D eigenvalue weighted by atomic mass is 16.5. The number of nitrogens with zero attached hydrogens (tertiary/aromatic N) is 3. The average Bonchev–Trinajstić information content (AvgIpc) is 2.81. The Morgan fingerprint density at radius 2 is 1.93 bits per heavy atom. The number of benzene rings is 1. The minimum absolute atomic E-state index is 0.0266. The number of piperidine rings is 1. The third kappa shape index (κ3) is 3.69. The normalized spacial score (nSPS) is 19.3. The van der Waals surface area contributed by atoms with Gasteiger partial charge in [-0.05, 0) is 39.1 Å². The number of aryl methyl sites for hydroxylation is 2. The molecule has 4 rings (SSSR count). The Morgan fingerprint density at radius 1 is 1.15 bits per heavy atom. The van der Waals surface area contributed by atoms with E-state index in [4.69, 9.17) is 4.74 Å². The number of hydrogen-bond donors (Lipinski definition) is 0. The van der Waals surface area contributed by atoms with Crippen molar-refractivity contribution in [3.63, 3.8) is 0 Å². The van der Waals surface area contributed by atoms with Gasteiger partial charge in [0.1, 0.15) is 11.4 Å². The topological polar surface area (TPSA) is 45.7 Å². The summed E-state index contributed by atoms with van der Waals surface area (Å²) < 4.78 is 6.59. The van der Waals surface area contributed by atoms with E-state index >= 15 is 0 Å². The van der Waals surface area contributed by atoms with Crippen LogP contribution in [-0.2, 0) is 6.54 Å². The number of carbonyl (C=O) groups excluding carboxylic acids is 1. The molecule has 0 aliphatic carbocycles. The van der Waals surface area contributed by atoms with E-state index < -0.39 is 0 Å². The first-order valence-electron chi connectivity index (χ1n) is 9.63. The molecule has 1 spiro atoms. The monoisotopic (exact) mass is 365 g/mol. The van der Waals surface area contributed by atoms with Gasteiger partial charge in [-0.15, -0.1) is 0 Å². The van der Waals surface area contributed by atoms with E-state index in [1.807, 2.05) is 24.0 Å². The van der Waals surface area contributed by atoms with Gasteiger partial charge in [0.2, 0.25) is 0 Å². The molecule has 5 nitrogen and oxygen atoms in total. The number of fused-ring (bicyclic) bond motifs is 1. The fraction of sp³-hybridized carbons (Fsp3) is 0.455. The molecule has 5 heteroatoms. The van der Waals surface area contributed by atoms with Crippen LogP contribution in [0, 0.1) is 13.8 Å². The molecule has 2 aliphatic rings. The van der Waals surface area contributed by atoms with E-state index in [-0.39, 0.29) is 11.5 Å². The minimum atomic E-state index is -0.319. The summed E-state index contributed by atoms with van der Waals surface area (Å²) in [6, 6.07) is 10.0. The molecule has 0 atom stereocenters. The van der Waals surface area contributed by atoms with Crippen molar-refractivity contribution in [1.82, 2.24) is 14.8 Å². The number of amides is 1. The summed E-state index contributed by atoms with van der Waals surface area (Å²) in [5.41, 5.74) is 3.50. The van der Waals surface area contributed by atoms with Gasteiger partial charge in [0.05, 0.1) is 12.1 Å². The number of pyridine rings is 1. The van der Waals surface area contributed by atoms with Crippen LogP contribution >= 0.6 is 0 Å². The highest BCUT2D eigenvalue weighted by molar-refractivity contribution is 5.94. The Kier molecular flexibility index (Phi) is 4.64. The Morgan fingerprint density at radius 3 is 2.63 bits per heavy atom. The summed E-state index contributed by atoms with van der Waals surface area (Å²) >= 11 is 0. The molecular formula is C22H27N3O2. The molecule has 2 aromatic rings. The summed E-state index contributed by atoms with van der Waals surface area (Å²) in [6.45, 7) is 7.15. The lowest BCUT2D eigenvalue weighted by Crippen LogP contribution is -2.53. The molecule has 1 fully saturated rings. The lowest BCUT2D eigenvalue weighted by atomic mass is 9.90. The number of aromatic nitrogens is 1. The van der Waals surface area contributed by atoms with Crippen molar-refractivity contribution in [3.05, 3.63) is 58.9 Å². The molecule has 1 saturated heterocycles. The number of hydrogen-bond acceptors (Lipinski definition) is 4. The molecule has 3 heterocycles. The first kappa shape index (κ1) is 18.0. The SMILES string of the molecule is Cc1ccc2c(c1)CN(C(=O)c1ccc(C)nc1)CC1(CCN(C)CC1)O2. The van der Waals surface area contributed by atoms with Gasteiger partial charge in [-0.25, -0.2) is 0 Å². The minimum Gasteiger partial charge on any atom is -0.485 e. The standard InChI is InChI=1S/C22H27N3O2/c1-16-4-7-20-19(12-16)14-25(21(26)18-6-5-17(2)23-13-18)15-22(27-20)8-10-24(3)11-9-22/h4-7,12-13H,8-11,14-15H2,1-3H3. The van der Waals surface area contributed by atoms with Crippen LogP contribution in [0.25, 0.3) is 0 Å². The Hall–Kier alpha value is -2.40. The van der Waals surface area contributed by atoms with Crippen LogP contribution in [0.5, 0.6) is 5.75 Å². The summed E-state index contributed by atoms with van der Waals surface area (Å²) in [5, 5.41) is 0. The summed E-state index contributed by atoms with van der Waals surface area (Å²) in [5.74, 6) is 0.946. The van der Waals surface area contributed by atoms with Crippen molar-refractivity contribution in [2.45, 2.75) is 38.8 Å². The van der Waals surface area contributed by atoms with E-state index in [1.54, 1.807) is 6.20 Å². The lowest BCUT2D eigenvalue weighted by Gasteiger charge is -2.41. The van der Waals surface area contributed by atoms with Gasteiger partial charge in [-0.2, -0.15) is 0 Å². The molecule has 0 radical (unpaired) electrons. The van der Waals surface area contributed by atoms with Crippen molar-refractivity contribution in [2.24, 2.45) is 0 Å². The van der Waals surface area contributed by atoms with Crippen LogP contribution < -0.4 is 4.74 Å². The van der Waals surface area contributed by atoms with Gasteiger partial charge in [0, 0.05) is 49.9 Å².